The van der Waals surface area contributed by atoms with Gasteiger partial charge in [0.25, 0.3) is 0 Å². The topological polar surface area (TPSA) is 79.3 Å². The summed E-state index contributed by atoms with van der Waals surface area (Å²) in [5.74, 6) is -0.928. The van der Waals surface area contributed by atoms with Crippen molar-refractivity contribution in [3.05, 3.63) is 66.0 Å². The molecule has 0 aliphatic rings. The average molecular weight is 326 g/mol. The van der Waals surface area contributed by atoms with Gasteiger partial charge in [-0.25, -0.2) is 0 Å². The molecule has 0 spiro atoms. The van der Waals surface area contributed by atoms with E-state index in [9.17, 15) is 9.59 Å². The van der Waals surface area contributed by atoms with E-state index in [0.717, 1.165) is 11.3 Å². The predicted octanol–water partition coefficient (Wildman–Crippen LogP) is 2.61. The molecule has 0 bridgehead atoms. The Hall–Kier alpha value is -2.69. The maximum absolute atomic E-state index is 12.2. The Bertz CT molecular complexity index is 644. The van der Waals surface area contributed by atoms with Crippen molar-refractivity contribution in [2.45, 2.75) is 38.1 Å². The highest BCUT2D eigenvalue weighted by Gasteiger charge is 2.15. The first-order valence-corrected chi connectivity index (χ1v) is 8.08. The molecule has 2 rings (SSSR count). The number of aryl methyl sites for hydroxylation is 1. The lowest BCUT2D eigenvalue weighted by Crippen LogP contribution is -2.37. The second-order valence-electron chi connectivity index (χ2n) is 5.71. The van der Waals surface area contributed by atoms with E-state index < -0.39 is 5.97 Å². The maximum Gasteiger partial charge on any atom is 0.303 e. The van der Waals surface area contributed by atoms with Crippen LogP contribution in [0, 0.1) is 0 Å². The number of aliphatic carboxylic acids is 1. The minimum Gasteiger partial charge on any atom is -0.481 e. The van der Waals surface area contributed by atoms with Crippen LogP contribution in [0.5, 0.6) is 0 Å². The van der Waals surface area contributed by atoms with E-state index in [1.165, 1.54) is 0 Å². The summed E-state index contributed by atoms with van der Waals surface area (Å²) in [5.41, 5.74) is 1.95. The standard InChI is InChI=1S/C19H22N2O3/c22-18(11-9-16-8-4-5-13-20-16)21-17(10-12-19(23)24)14-15-6-2-1-3-7-15/h1-8,13,17H,9-12,14H2,(H,21,22)(H,23,24). The minimum atomic E-state index is -0.851. The van der Waals surface area contributed by atoms with E-state index in [1.54, 1.807) is 6.20 Å². The zero-order valence-corrected chi connectivity index (χ0v) is 13.5. The molecule has 0 radical (unpaired) electrons. The zero-order chi connectivity index (χ0) is 17.2. The number of aromatic nitrogens is 1. The highest BCUT2D eigenvalue weighted by Crippen LogP contribution is 2.09. The van der Waals surface area contributed by atoms with Crippen LogP contribution >= 0.6 is 0 Å². The Balaban J connectivity index is 1.88. The SMILES string of the molecule is O=C(O)CCC(Cc1ccccc1)NC(=O)CCc1ccccn1. The van der Waals surface area contributed by atoms with Gasteiger partial charge in [-0.3, -0.25) is 14.6 Å². The molecule has 0 fully saturated rings. The van der Waals surface area contributed by atoms with Gasteiger partial charge >= 0.3 is 5.97 Å². The van der Waals surface area contributed by atoms with E-state index in [4.69, 9.17) is 5.11 Å². The first-order valence-electron chi connectivity index (χ1n) is 8.08. The summed E-state index contributed by atoms with van der Waals surface area (Å²) in [6.07, 6.45) is 3.71. The molecule has 126 valence electrons. The average Bonchev–Trinajstić information content (AvgIpc) is 2.60. The number of hydrogen-bond acceptors (Lipinski definition) is 3. The molecule has 5 nitrogen and oxygen atoms in total. The molecule has 2 aromatic rings. The van der Waals surface area contributed by atoms with Gasteiger partial charge in [0.1, 0.15) is 0 Å². The quantitative estimate of drug-likeness (QED) is 0.742. The number of carboxylic acids is 1. The number of carbonyl (C=O) groups excluding carboxylic acids is 1. The smallest absolute Gasteiger partial charge is 0.303 e. The normalized spacial score (nSPS) is 11.7. The third kappa shape index (κ3) is 6.60. The summed E-state index contributed by atoms with van der Waals surface area (Å²) in [6.45, 7) is 0. The predicted molar refractivity (Wildman–Crippen MR) is 91.5 cm³/mol. The van der Waals surface area contributed by atoms with Gasteiger partial charge in [0.05, 0.1) is 0 Å². The summed E-state index contributed by atoms with van der Waals surface area (Å²) < 4.78 is 0. The highest BCUT2D eigenvalue weighted by atomic mass is 16.4. The Kier molecular flexibility index (Phi) is 6.95. The zero-order valence-electron chi connectivity index (χ0n) is 13.5. The van der Waals surface area contributed by atoms with E-state index in [0.29, 0.717) is 25.7 Å². The largest absolute Gasteiger partial charge is 0.481 e. The Morgan fingerprint density at radius 1 is 1.04 bits per heavy atom. The molecule has 1 aromatic heterocycles. The van der Waals surface area contributed by atoms with Crippen LogP contribution in [-0.2, 0) is 22.4 Å². The van der Waals surface area contributed by atoms with Crippen molar-refractivity contribution in [1.82, 2.24) is 10.3 Å². The fourth-order valence-corrected chi connectivity index (χ4v) is 2.51. The maximum atomic E-state index is 12.2. The van der Waals surface area contributed by atoms with Gasteiger partial charge in [0, 0.05) is 30.8 Å². The lowest BCUT2D eigenvalue weighted by atomic mass is 10.0. The number of pyridine rings is 1. The van der Waals surface area contributed by atoms with Crippen molar-refractivity contribution >= 4 is 11.9 Å². The van der Waals surface area contributed by atoms with Crippen LogP contribution < -0.4 is 5.32 Å². The molecule has 1 amide bonds. The fourth-order valence-electron chi connectivity index (χ4n) is 2.51. The van der Waals surface area contributed by atoms with Crippen LogP contribution in [-0.4, -0.2) is 28.0 Å². The molecule has 0 aliphatic carbocycles. The van der Waals surface area contributed by atoms with Gasteiger partial charge < -0.3 is 10.4 Å². The molecule has 2 N–H and O–H groups in total. The molecule has 1 heterocycles. The molecule has 1 unspecified atom stereocenters. The first-order chi connectivity index (χ1) is 11.6. The van der Waals surface area contributed by atoms with Gasteiger partial charge in [0.2, 0.25) is 5.91 Å². The second-order valence-corrected chi connectivity index (χ2v) is 5.71. The number of carboxylic acid groups (broad SMARTS) is 1. The third-order valence-corrected chi connectivity index (χ3v) is 3.73. The number of rotatable bonds is 9. The molecule has 0 aliphatic heterocycles. The van der Waals surface area contributed by atoms with Crippen LogP contribution in [0.25, 0.3) is 0 Å². The van der Waals surface area contributed by atoms with Crippen molar-refractivity contribution in [3.63, 3.8) is 0 Å². The summed E-state index contributed by atoms with van der Waals surface area (Å²) in [5, 5.41) is 11.9. The molecule has 0 saturated carbocycles. The molecule has 0 saturated heterocycles. The first kappa shape index (κ1) is 17.7. The fraction of sp³-hybridized carbons (Fsp3) is 0.316. The molecular formula is C19H22N2O3. The molecule has 1 aromatic carbocycles. The van der Waals surface area contributed by atoms with E-state index >= 15 is 0 Å². The Morgan fingerprint density at radius 3 is 2.46 bits per heavy atom. The van der Waals surface area contributed by atoms with Gasteiger partial charge in [-0.1, -0.05) is 36.4 Å². The minimum absolute atomic E-state index is 0.0397. The number of hydrogen-bond donors (Lipinski definition) is 2. The third-order valence-electron chi connectivity index (χ3n) is 3.73. The summed E-state index contributed by atoms with van der Waals surface area (Å²) in [4.78, 5) is 27.2. The number of benzene rings is 1. The summed E-state index contributed by atoms with van der Waals surface area (Å²) in [7, 11) is 0. The lowest BCUT2D eigenvalue weighted by molar-refractivity contribution is -0.137. The van der Waals surface area contributed by atoms with E-state index in [2.05, 4.69) is 10.3 Å². The van der Waals surface area contributed by atoms with Crippen LogP contribution in [0.3, 0.4) is 0 Å². The van der Waals surface area contributed by atoms with Crippen molar-refractivity contribution in [1.29, 1.82) is 0 Å². The Morgan fingerprint density at radius 2 is 1.79 bits per heavy atom. The van der Waals surface area contributed by atoms with Gasteiger partial charge in [0.15, 0.2) is 0 Å². The number of nitrogens with zero attached hydrogens (tertiary/aromatic N) is 1. The molecule has 1 atom stereocenters. The van der Waals surface area contributed by atoms with Gasteiger partial charge in [-0.05, 0) is 37.0 Å². The van der Waals surface area contributed by atoms with Crippen LogP contribution in [0.2, 0.25) is 0 Å². The van der Waals surface area contributed by atoms with Crippen molar-refractivity contribution in [2.75, 3.05) is 0 Å². The molecule has 5 heteroatoms. The molecular weight excluding hydrogens is 304 g/mol. The second kappa shape index (κ2) is 9.45. The number of carbonyl (C=O) groups is 2. The summed E-state index contributed by atoms with van der Waals surface area (Å²) in [6, 6.07) is 15.2. The van der Waals surface area contributed by atoms with Crippen LogP contribution in [0.15, 0.2) is 54.7 Å². The van der Waals surface area contributed by atoms with E-state index in [1.807, 2.05) is 48.5 Å². The number of amides is 1. The lowest BCUT2D eigenvalue weighted by Gasteiger charge is -2.18. The van der Waals surface area contributed by atoms with Crippen LogP contribution in [0.4, 0.5) is 0 Å². The van der Waals surface area contributed by atoms with Crippen molar-refractivity contribution < 1.29 is 14.7 Å². The summed E-state index contributed by atoms with van der Waals surface area (Å²) >= 11 is 0. The molecule has 24 heavy (non-hydrogen) atoms. The van der Waals surface area contributed by atoms with Gasteiger partial charge in [-0.2, -0.15) is 0 Å². The van der Waals surface area contributed by atoms with Crippen molar-refractivity contribution in [2.24, 2.45) is 0 Å². The number of nitrogens with one attached hydrogen (secondary N) is 1. The van der Waals surface area contributed by atoms with E-state index in [-0.39, 0.29) is 18.4 Å². The van der Waals surface area contributed by atoms with Crippen molar-refractivity contribution in [3.8, 4) is 0 Å². The monoisotopic (exact) mass is 326 g/mol. The van der Waals surface area contributed by atoms with Crippen LogP contribution in [0.1, 0.15) is 30.5 Å². The highest BCUT2D eigenvalue weighted by molar-refractivity contribution is 5.76. The Labute approximate surface area is 141 Å². The van der Waals surface area contributed by atoms with Gasteiger partial charge in [-0.15, -0.1) is 0 Å².